The predicted molar refractivity (Wildman–Crippen MR) is 109 cm³/mol. The van der Waals surface area contributed by atoms with Crippen molar-refractivity contribution in [3.63, 3.8) is 0 Å². The van der Waals surface area contributed by atoms with Gasteiger partial charge in [0.05, 0.1) is 30.5 Å². The van der Waals surface area contributed by atoms with E-state index < -0.39 is 25.0 Å². The molecule has 3 aromatic heterocycles. The Morgan fingerprint density at radius 3 is 2.21 bits per heavy atom. The van der Waals surface area contributed by atoms with E-state index in [4.69, 9.17) is 0 Å². The Labute approximate surface area is 185 Å². The van der Waals surface area contributed by atoms with Crippen LogP contribution in [0.25, 0.3) is 11.2 Å². The number of nitrogens with zero attached hydrogens (tertiary/aromatic N) is 8. The van der Waals surface area contributed by atoms with Gasteiger partial charge in [-0.25, -0.2) is 33.4 Å². The summed E-state index contributed by atoms with van der Waals surface area (Å²) in [6.45, 7) is 2.37. The second kappa shape index (κ2) is 8.03. The smallest absolute Gasteiger partial charge is 0.368 e. The number of rotatable bonds is 4. The number of alkyl halides is 5. The van der Waals surface area contributed by atoms with Gasteiger partial charge >= 0.3 is 6.18 Å². The molecule has 0 N–H and O–H groups in total. The Morgan fingerprint density at radius 2 is 1.58 bits per heavy atom. The molecule has 13 heteroatoms. The Hall–Kier alpha value is -3.12. The summed E-state index contributed by atoms with van der Waals surface area (Å²) in [7, 11) is 0. The molecular weight excluding hydrogens is 447 g/mol. The van der Waals surface area contributed by atoms with E-state index in [9.17, 15) is 22.0 Å². The molecule has 33 heavy (non-hydrogen) atoms. The second-order valence-corrected chi connectivity index (χ2v) is 8.58. The van der Waals surface area contributed by atoms with Crippen molar-refractivity contribution in [1.82, 2.24) is 29.7 Å². The molecule has 0 atom stereocenters. The van der Waals surface area contributed by atoms with Crippen LogP contribution in [0.3, 0.4) is 0 Å². The van der Waals surface area contributed by atoms with Crippen molar-refractivity contribution in [2.75, 3.05) is 36.0 Å². The molecule has 2 aliphatic rings. The molecule has 5 rings (SSSR count). The van der Waals surface area contributed by atoms with Crippen molar-refractivity contribution in [2.24, 2.45) is 5.41 Å². The molecule has 0 radical (unpaired) electrons. The minimum atomic E-state index is -4.55. The van der Waals surface area contributed by atoms with Crippen LogP contribution in [0.2, 0.25) is 0 Å². The van der Waals surface area contributed by atoms with E-state index in [1.807, 2.05) is 4.90 Å². The van der Waals surface area contributed by atoms with E-state index in [-0.39, 0.29) is 5.41 Å². The van der Waals surface area contributed by atoms with Gasteiger partial charge in [0, 0.05) is 26.2 Å². The van der Waals surface area contributed by atoms with Gasteiger partial charge in [0.1, 0.15) is 17.9 Å². The van der Waals surface area contributed by atoms with Crippen molar-refractivity contribution >= 4 is 22.7 Å². The average molecular weight is 468 g/mol. The summed E-state index contributed by atoms with van der Waals surface area (Å²) in [5.74, 6) is -0.513. The molecular formula is C20H21F5N8. The number of fused-ring (bicyclic) bond motifs is 1. The van der Waals surface area contributed by atoms with Crippen LogP contribution in [0.4, 0.5) is 33.5 Å². The van der Waals surface area contributed by atoms with E-state index in [0.717, 1.165) is 45.4 Å². The van der Waals surface area contributed by atoms with Crippen LogP contribution in [0.1, 0.15) is 25.1 Å². The highest BCUT2D eigenvalue weighted by Crippen LogP contribution is 2.42. The second-order valence-electron chi connectivity index (χ2n) is 8.58. The van der Waals surface area contributed by atoms with E-state index in [1.165, 1.54) is 23.3 Å². The Bertz CT molecular complexity index is 1120. The van der Waals surface area contributed by atoms with E-state index in [2.05, 4.69) is 29.9 Å². The zero-order valence-electron chi connectivity index (χ0n) is 17.5. The Kier molecular flexibility index (Phi) is 5.28. The Balaban J connectivity index is 1.25. The molecule has 0 unspecified atom stereocenters. The van der Waals surface area contributed by atoms with Crippen molar-refractivity contribution in [1.29, 1.82) is 0 Å². The first-order chi connectivity index (χ1) is 15.7. The molecule has 1 spiro atoms. The third-order valence-corrected chi connectivity index (χ3v) is 6.49. The predicted octanol–water partition coefficient (Wildman–Crippen LogP) is 3.40. The van der Waals surface area contributed by atoms with Crippen LogP contribution >= 0.6 is 0 Å². The lowest BCUT2D eigenvalue weighted by atomic mass is 9.78. The number of hydrogen-bond donors (Lipinski definition) is 0. The van der Waals surface area contributed by atoms with Crippen LogP contribution in [0.15, 0.2) is 24.8 Å². The number of anilines is 2. The minimum Gasteiger partial charge on any atom is -0.368 e. The fourth-order valence-corrected chi connectivity index (χ4v) is 4.66. The molecule has 0 bridgehead atoms. The summed E-state index contributed by atoms with van der Waals surface area (Å²) < 4.78 is 64.9. The summed E-state index contributed by atoms with van der Waals surface area (Å²) in [5.41, 5.74) is 1.44. The lowest BCUT2D eigenvalue weighted by molar-refractivity contribution is -0.144. The van der Waals surface area contributed by atoms with Gasteiger partial charge in [0.25, 0.3) is 6.43 Å². The molecule has 3 aromatic rings. The quantitative estimate of drug-likeness (QED) is 0.544. The molecule has 2 aliphatic heterocycles. The lowest BCUT2D eigenvalue weighted by Gasteiger charge is -2.39. The zero-order valence-corrected chi connectivity index (χ0v) is 17.5. The maximum atomic E-state index is 12.8. The monoisotopic (exact) mass is 468 g/mol. The molecule has 0 aliphatic carbocycles. The third-order valence-electron chi connectivity index (χ3n) is 6.49. The van der Waals surface area contributed by atoms with Gasteiger partial charge < -0.3 is 9.80 Å². The van der Waals surface area contributed by atoms with Gasteiger partial charge in [0.2, 0.25) is 5.82 Å². The summed E-state index contributed by atoms with van der Waals surface area (Å²) in [6.07, 6.45) is 1.12. The first-order valence-corrected chi connectivity index (χ1v) is 10.6. The van der Waals surface area contributed by atoms with Crippen LogP contribution in [0, 0.1) is 5.41 Å². The highest BCUT2D eigenvalue weighted by molar-refractivity contribution is 5.71. The Morgan fingerprint density at radius 1 is 0.909 bits per heavy atom. The molecule has 0 saturated carbocycles. The van der Waals surface area contributed by atoms with Gasteiger partial charge in [-0.2, -0.15) is 18.3 Å². The van der Waals surface area contributed by atoms with Crippen LogP contribution in [-0.2, 0) is 12.7 Å². The van der Waals surface area contributed by atoms with Gasteiger partial charge in [-0.3, -0.25) is 0 Å². The molecule has 2 fully saturated rings. The van der Waals surface area contributed by atoms with Gasteiger partial charge in [-0.15, -0.1) is 0 Å². The number of piperidine rings is 1. The molecule has 8 nitrogen and oxygen atoms in total. The third kappa shape index (κ3) is 4.27. The summed E-state index contributed by atoms with van der Waals surface area (Å²) in [4.78, 5) is 19.9. The van der Waals surface area contributed by atoms with Crippen molar-refractivity contribution in [2.45, 2.75) is 38.4 Å². The first kappa shape index (κ1) is 21.7. The molecule has 2 saturated heterocycles. The van der Waals surface area contributed by atoms with Gasteiger partial charge in [0.15, 0.2) is 5.65 Å². The van der Waals surface area contributed by atoms with E-state index in [1.54, 1.807) is 6.20 Å². The fourth-order valence-electron chi connectivity index (χ4n) is 4.66. The maximum Gasteiger partial charge on any atom is 0.451 e. The SMILES string of the molecule is FC(F)Cn1ncc2ncc(N3CCC4(CCN(c5cnc(C(F)(F)F)nc5)C4)CC3)nc21. The minimum absolute atomic E-state index is 0.0498. The summed E-state index contributed by atoms with van der Waals surface area (Å²) in [5, 5.41) is 3.95. The zero-order chi connectivity index (χ0) is 23.2. The largest absolute Gasteiger partial charge is 0.451 e. The number of hydrogen-bond acceptors (Lipinski definition) is 7. The van der Waals surface area contributed by atoms with Crippen LogP contribution < -0.4 is 9.80 Å². The molecule has 176 valence electrons. The normalized spacial score (nSPS) is 18.7. The van der Waals surface area contributed by atoms with E-state index >= 15 is 0 Å². The average Bonchev–Trinajstić information content (AvgIpc) is 3.38. The van der Waals surface area contributed by atoms with Crippen LogP contribution in [0.5, 0.6) is 0 Å². The highest BCUT2D eigenvalue weighted by atomic mass is 19.4. The standard InChI is InChI=1S/C20H21F5N8/c21-15(22)11-33-17-14(9-29-33)26-10-16(30-17)31-4-1-19(2-5-31)3-6-32(12-19)13-7-27-18(28-8-13)20(23,24)25/h7-10,15H,1-6,11-12H2. The molecule has 5 heterocycles. The fraction of sp³-hybridized carbons (Fsp3) is 0.550. The van der Waals surface area contributed by atoms with Crippen LogP contribution in [-0.4, -0.2) is 62.3 Å². The van der Waals surface area contributed by atoms with Gasteiger partial charge in [-0.05, 0) is 24.7 Å². The van der Waals surface area contributed by atoms with Crippen molar-refractivity contribution in [3.8, 4) is 0 Å². The topological polar surface area (TPSA) is 75.9 Å². The number of halogens is 5. The van der Waals surface area contributed by atoms with Gasteiger partial charge in [-0.1, -0.05) is 0 Å². The highest BCUT2D eigenvalue weighted by Gasteiger charge is 2.41. The van der Waals surface area contributed by atoms with Crippen molar-refractivity contribution in [3.05, 3.63) is 30.6 Å². The molecule has 0 amide bonds. The van der Waals surface area contributed by atoms with Crippen molar-refractivity contribution < 1.29 is 22.0 Å². The first-order valence-electron chi connectivity index (χ1n) is 10.6. The lowest BCUT2D eigenvalue weighted by Crippen LogP contribution is -2.42. The summed E-state index contributed by atoms with van der Waals surface area (Å²) >= 11 is 0. The number of aromatic nitrogens is 6. The molecule has 0 aromatic carbocycles. The maximum absolute atomic E-state index is 12.8. The summed E-state index contributed by atoms with van der Waals surface area (Å²) in [6, 6.07) is 0. The van der Waals surface area contributed by atoms with E-state index in [0.29, 0.717) is 22.7 Å².